The van der Waals surface area contributed by atoms with Crippen molar-refractivity contribution in [3.63, 3.8) is 0 Å². The number of nitrogens with one attached hydrogen (secondary N) is 2. The quantitative estimate of drug-likeness (QED) is 0.664. The molecule has 0 aliphatic rings. The van der Waals surface area contributed by atoms with E-state index < -0.39 is 20.0 Å². The molecule has 0 fully saturated rings. The van der Waals surface area contributed by atoms with Crippen molar-refractivity contribution >= 4 is 31.7 Å². The summed E-state index contributed by atoms with van der Waals surface area (Å²) >= 11 is 0. The van der Waals surface area contributed by atoms with Crippen LogP contribution in [0.2, 0.25) is 0 Å². The molecule has 0 spiro atoms. The summed E-state index contributed by atoms with van der Waals surface area (Å²) in [5.74, 6) is -0.460. The fourth-order valence-corrected chi connectivity index (χ4v) is 4.17. The van der Waals surface area contributed by atoms with Crippen molar-refractivity contribution < 1.29 is 21.3 Å². The molecule has 1 aromatic heterocycles. The van der Waals surface area contributed by atoms with Crippen molar-refractivity contribution in [3.05, 3.63) is 66.6 Å². The van der Waals surface area contributed by atoms with E-state index in [9.17, 15) is 16.8 Å². The van der Waals surface area contributed by atoms with E-state index in [1.54, 1.807) is 36.4 Å². The molecule has 0 aliphatic carbocycles. The average molecular weight is 393 g/mol. The van der Waals surface area contributed by atoms with Gasteiger partial charge in [0.05, 0.1) is 9.79 Å². The topological polar surface area (TPSA) is 118 Å². The first-order chi connectivity index (χ1) is 12.3. The van der Waals surface area contributed by atoms with E-state index >= 15 is 0 Å². The van der Waals surface area contributed by atoms with Crippen LogP contribution < -0.4 is 9.44 Å². The number of anilines is 2. The molecule has 0 radical (unpaired) electrons. The Balaban J connectivity index is 1.92. The van der Waals surface area contributed by atoms with E-state index in [0.717, 1.165) is 0 Å². The van der Waals surface area contributed by atoms with E-state index in [2.05, 4.69) is 14.4 Å². The zero-order valence-electron chi connectivity index (χ0n) is 13.6. The molecular formula is C16H15N3O5S2. The van der Waals surface area contributed by atoms with E-state index in [1.807, 2.05) is 0 Å². The van der Waals surface area contributed by atoms with Crippen LogP contribution in [0.1, 0.15) is 5.89 Å². The Bertz CT molecular complexity index is 1020. The maximum atomic E-state index is 12.4. The maximum Gasteiger partial charge on any atom is 0.264 e. The summed E-state index contributed by atoms with van der Waals surface area (Å²) in [6.45, 7) is 1.47. The number of rotatable bonds is 6. The third-order valence-electron chi connectivity index (χ3n) is 3.30. The van der Waals surface area contributed by atoms with Gasteiger partial charge in [0.15, 0.2) is 5.89 Å². The normalized spacial score (nSPS) is 11.9. The van der Waals surface area contributed by atoms with E-state index in [0.29, 0.717) is 0 Å². The third kappa shape index (κ3) is 3.86. The monoisotopic (exact) mass is 393 g/mol. The lowest BCUT2D eigenvalue weighted by Gasteiger charge is -2.09. The maximum absolute atomic E-state index is 12.4. The van der Waals surface area contributed by atoms with Gasteiger partial charge in [-0.25, -0.2) is 21.6 Å². The number of benzene rings is 2. The number of hydrogen-bond acceptors (Lipinski definition) is 6. The van der Waals surface area contributed by atoms with Gasteiger partial charge in [-0.3, -0.25) is 4.72 Å². The molecule has 0 aliphatic heterocycles. The zero-order valence-corrected chi connectivity index (χ0v) is 15.2. The van der Waals surface area contributed by atoms with Crippen LogP contribution in [0.15, 0.2) is 74.9 Å². The molecule has 3 aromatic rings. The number of aromatic nitrogens is 1. The van der Waals surface area contributed by atoms with Gasteiger partial charge >= 0.3 is 0 Å². The number of oxazole rings is 1. The summed E-state index contributed by atoms with van der Waals surface area (Å²) in [6.07, 6.45) is 0. The number of sulfonamides is 2. The highest BCUT2D eigenvalue weighted by Crippen LogP contribution is 2.27. The van der Waals surface area contributed by atoms with Crippen molar-refractivity contribution in [2.75, 3.05) is 9.44 Å². The molecule has 3 rings (SSSR count). The van der Waals surface area contributed by atoms with Crippen molar-refractivity contribution in [1.82, 2.24) is 4.98 Å². The van der Waals surface area contributed by atoms with E-state index in [-0.39, 0.29) is 27.4 Å². The molecular weight excluding hydrogens is 378 g/mol. The van der Waals surface area contributed by atoms with Crippen LogP contribution in [-0.2, 0) is 20.0 Å². The molecule has 1 heterocycles. The second kappa shape index (κ2) is 6.81. The molecule has 2 N–H and O–H groups in total. The van der Waals surface area contributed by atoms with Crippen molar-refractivity contribution in [1.29, 1.82) is 0 Å². The van der Waals surface area contributed by atoms with Gasteiger partial charge in [0.25, 0.3) is 25.9 Å². The lowest BCUT2D eigenvalue weighted by molar-refractivity contribution is 0.535. The minimum absolute atomic E-state index is 0.00548. The first-order valence-corrected chi connectivity index (χ1v) is 10.4. The summed E-state index contributed by atoms with van der Waals surface area (Å²) in [4.78, 5) is 3.93. The van der Waals surface area contributed by atoms with Gasteiger partial charge in [-0.2, -0.15) is 4.98 Å². The fraction of sp³-hybridized carbons (Fsp3) is 0.0625. The molecule has 136 valence electrons. The SMILES string of the molecule is Cc1nc(NS(=O)(=O)c2ccccc2)c(NS(=O)(=O)c2ccccc2)o1. The Labute approximate surface area is 151 Å². The summed E-state index contributed by atoms with van der Waals surface area (Å²) in [6, 6.07) is 15.3. The van der Waals surface area contributed by atoms with Gasteiger partial charge < -0.3 is 4.42 Å². The molecule has 0 saturated carbocycles. The number of hydrogen-bond donors (Lipinski definition) is 2. The smallest absolute Gasteiger partial charge is 0.264 e. The molecule has 0 atom stereocenters. The fourth-order valence-electron chi connectivity index (χ4n) is 2.13. The lowest BCUT2D eigenvalue weighted by atomic mass is 10.4. The molecule has 10 heteroatoms. The summed E-state index contributed by atoms with van der Waals surface area (Å²) in [5.41, 5.74) is 0. The predicted molar refractivity (Wildman–Crippen MR) is 95.7 cm³/mol. The van der Waals surface area contributed by atoms with Crippen molar-refractivity contribution in [3.8, 4) is 0 Å². The zero-order chi connectivity index (χ0) is 18.8. The Morgan fingerprint density at radius 1 is 0.769 bits per heavy atom. The third-order valence-corrected chi connectivity index (χ3v) is 6.00. The highest BCUT2D eigenvalue weighted by Gasteiger charge is 2.24. The first kappa shape index (κ1) is 18.0. The van der Waals surface area contributed by atoms with Gasteiger partial charge in [-0.1, -0.05) is 36.4 Å². The minimum atomic E-state index is -3.96. The molecule has 2 aromatic carbocycles. The van der Waals surface area contributed by atoms with E-state index in [1.165, 1.54) is 31.2 Å². The van der Waals surface area contributed by atoms with Gasteiger partial charge in [0.2, 0.25) is 5.82 Å². The van der Waals surface area contributed by atoms with Gasteiger partial charge in [-0.05, 0) is 24.3 Å². The molecule has 0 amide bonds. The van der Waals surface area contributed by atoms with Gasteiger partial charge in [-0.15, -0.1) is 0 Å². The van der Waals surface area contributed by atoms with Crippen LogP contribution >= 0.6 is 0 Å². The van der Waals surface area contributed by atoms with Crippen molar-refractivity contribution in [2.45, 2.75) is 16.7 Å². The van der Waals surface area contributed by atoms with Crippen LogP contribution in [0.5, 0.6) is 0 Å². The molecule has 0 bridgehead atoms. The second-order valence-corrected chi connectivity index (χ2v) is 8.61. The summed E-state index contributed by atoms with van der Waals surface area (Å²) in [5, 5.41) is 0. The van der Waals surface area contributed by atoms with Gasteiger partial charge in [0.1, 0.15) is 0 Å². The van der Waals surface area contributed by atoms with E-state index in [4.69, 9.17) is 4.42 Å². The Kier molecular flexibility index (Phi) is 4.70. The van der Waals surface area contributed by atoms with Crippen LogP contribution in [-0.4, -0.2) is 21.8 Å². The van der Waals surface area contributed by atoms with Crippen LogP contribution in [0.4, 0.5) is 11.7 Å². The first-order valence-electron chi connectivity index (χ1n) is 7.41. The summed E-state index contributed by atoms with van der Waals surface area (Å²) < 4.78 is 59.4. The highest BCUT2D eigenvalue weighted by molar-refractivity contribution is 7.93. The lowest BCUT2D eigenvalue weighted by Crippen LogP contribution is -2.17. The van der Waals surface area contributed by atoms with Crippen molar-refractivity contribution in [2.24, 2.45) is 0 Å². The highest BCUT2D eigenvalue weighted by atomic mass is 32.2. The molecule has 0 saturated heterocycles. The standard InChI is InChI=1S/C16H15N3O5S2/c1-12-17-15(18-25(20,21)13-8-4-2-5-9-13)16(24-12)19-26(22,23)14-10-6-3-7-11-14/h2-11,18-19H,1H3. The molecule has 8 nitrogen and oxygen atoms in total. The van der Waals surface area contributed by atoms with Crippen LogP contribution in [0.25, 0.3) is 0 Å². The minimum Gasteiger partial charge on any atom is -0.422 e. The predicted octanol–water partition coefficient (Wildman–Crippen LogP) is 2.58. The Morgan fingerprint density at radius 2 is 1.23 bits per heavy atom. The largest absolute Gasteiger partial charge is 0.422 e. The number of aryl methyl sites for hydroxylation is 1. The molecule has 0 unspecified atom stereocenters. The Hall–Kier alpha value is -2.85. The number of nitrogens with zero attached hydrogens (tertiary/aromatic N) is 1. The van der Waals surface area contributed by atoms with Crippen LogP contribution in [0, 0.1) is 6.92 Å². The van der Waals surface area contributed by atoms with Gasteiger partial charge in [0, 0.05) is 6.92 Å². The van der Waals surface area contributed by atoms with Crippen LogP contribution in [0.3, 0.4) is 0 Å². The second-order valence-electron chi connectivity index (χ2n) is 5.25. The molecule has 26 heavy (non-hydrogen) atoms. The average Bonchev–Trinajstić information content (AvgIpc) is 2.94. The Morgan fingerprint density at radius 3 is 1.73 bits per heavy atom. The summed E-state index contributed by atoms with van der Waals surface area (Å²) in [7, 11) is -7.91.